The third kappa shape index (κ3) is 5.97. The Morgan fingerprint density at radius 3 is 1.32 bits per heavy atom. The fourth-order valence-corrected chi connectivity index (χ4v) is 11.0. The van der Waals surface area contributed by atoms with E-state index in [1.54, 1.807) is 0 Å². The van der Waals surface area contributed by atoms with Crippen molar-refractivity contribution in [2.75, 3.05) is 9.80 Å². The molecule has 0 spiro atoms. The summed E-state index contributed by atoms with van der Waals surface area (Å²) in [5, 5.41) is 24.4. The summed E-state index contributed by atoms with van der Waals surface area (Å²) in [5.74, 6) is 0. The van der Waals surface area contributed by atoms with Gasteiger partial charge in [-0.2, -0.15) is 10.5 Å². The van der Waals surface area contributed by atoms with Crippen molar-refractivity contribution in [3.8, 4) is 23.3 Å². The number of anilines is 6. The average Bonchev–Trinajstić information content (AvgIpc) is 4.09. The lowest BCUT2D eigenvalue weighted by Crippen LogP contribution is -2.29. The fraction of sp³-hybridized carbons (Fsp3) is 0.0159. The smallest absolute Gasteiger partial charge is 0.160 e. The molecule has 6 nitrogen and oxygen atoms in total. The largest absolute Gasteiger partial charge is 0.455 e. The summed E-state index contributed by atoms with van der Waals surface area (Å²) in [4.78, 5) is 4.49. The van der Waals surface area contributed by atoms with Gasteiger partial charge in [0.1, 0.15) is 16.7 Å². The number of hydrogen-bond donors (Lipinski definition) is 0. The lowest BCUT2D eigenvalue weighted by atomic mass is 9.67. The molecule has 0 unspecified atom stereocenters. The minimum absolute atomic E-state index is 0.550. The van der Waals surface area contributed by atoms with E-state index in [2.05, 4.69) is 168 Å². The summed E-state index contributed by atoms with van der Waals surface area (Å²) in [6.45, 7) is 0. The number of benzene rings is 10. The Labute approximate surface area is 398 Å². The molecule has 322 valence electrons. The van der Waals surface area contributed by atoms with Crippen LogP contribution in [0.25, 0.3) is 55.0 Å². The Bertz CT molecular complexity index is 4010. The van der Waals surface area contributed by atoms with Crippen LogP contribution in [0.15, 0.2) is 239 Å². The van der Waals surface area contributed by atoms with Crippen LogP contribution in [0.2, 0.25) is 0 Å². The van der Waals surface area contributed by atoms with E-state index in [9.17, 15) is 10.5 Å². The van der Waals surface area contributed by atoms with Crippen LogP contribution in [0.3, 0.4) is 0 Å². The van der Waals surface area contributed by atoms with Gasteiger partial charge in [-0.25, -0.2) is 0 Å². The van der Waals surface area contributed by atoms with E-state index in [0.717, 1.165) is 106 Å². The second-order valence-electron chi connectivity index (χ2n) is 17.4. The summed E-state index contributed by atoms with van der Waals surface area (Å²) < 4.78 is 14.5. The Balaban J connectivity index is 1.27. The molecule has 0 bridgehead atoms. The van der Waals surface area contributed by atoms with E-state index in [1.807, 2.05) is 84.9 Å². The number of hydrogen-bond acceptors (Lipinski definition) is 6. The van der Waals surface area contributed by atoms with Gasteiger partial charge in [-0.3, -0.25) is 0 Å². The minimum atomic E-state index is -0.940. The number of furan rings is 2. The molecule has 1 aliphatic rings. The molecule has 0 atom stereocenters. The number of fused-ring (bicyclic) bond motifs is 11. The van der Waals surface area contributed by atoms with E-state index in [4.69, 9.17) is 8.83 Å². The average molecular weight is 883 g/mol. The highest BCUT2D eigenvalue weighted by Gasteiger charge is 2.50. The molecular weight excluding hydrogens is 845 g/mol. The quantitative estimate of drug-likeness (QED) is 0.151. The van der Waals surface area contributed by atoms with E-state index >= 15 is 0 Å². The van der Waals surface area contributed by atoms with Crippen molar-refractivity contribution in [3.05, 3.63) is 264 Å². The zero-order valence-electron chi connectivity index (χ0n) is 37.0. The molecule has 10 aromatic carbocycles. The van der Waals surface area contributed by atoms with Crippen LogP contribution >= 0.6 is 0 Å². The van der Waals surface area contributed by atoms with Crippen LogP contribution in [-0.4, -0.2) is 0 Å². The van der Waals surface area contributed by atoms with Gasteiger partial charge >= 0.3 is 0 Å². The second kappa shape index (κ2) is 15.8. The van der Waals surface area contributed by atoms with Gasteiger partial charge in [0.15, 0.2) is 5.58 Å². The molecule has 0 aliphatic heterocycles. The van der Waals surface area contributed by atoms with Gasteiger partial charge in [-0.15, -0.1) is 0 Å². The summed E-state index contributed by atoms with van der Waals surface area (Å²) in [6.07, 6.45) is 0. The molecule has 13 rings (SSSR count). The topological polar surface area (TPSA) is 80.3 Å². The predicted molar refractivity (Wildman–Crippen MR) is 277 cm³/mol. The van der Waals surface area contributed by atoms with Crippen molar-refractivity contribution < 1.29 is 8.83 Å². The Morgan fingerprint density at radius 2 is 0.783 bits per heavy atom. The summed E-state index contributed by atoms with van der Waals surface area (Å²) in [7, 11) is 0. The first-order chi connectivity index (χ1) is 34.1. The first-order valence-electron chi connectivity index (χ1n) is 23.0. The second-order valence-corrected chi connectivity index (χ2v) is 17.4. The molecule has 0 fully saturated rings. The van der Waals surface area contributed by atoms with Crippen molar-refractivity contribution in [3.63, 3.8) is 0 Å². The molecular formula is C63H38N4O2. The maximum atomic E-state index is 10.3. The van der Waals surface area contributed by atoms with Crippen molar-refractivity contribution in [1.29, 1.82) is 10.5 Å². The highest BCUT2D eigenvalue weighted by atomic mass is 16.3. The standard InChI is InChI=1S/C63H38N4O2/c64-39-41-19-17-29-47(35-41)66(45-25-9-3-10-26-45)53-37-52-60(62-57(53)49-31-13-15-33-55(49)69-62)59-51(63(52,43-21-5-1-6-22-43)44-23-7-2-8-24-44)38-54(61-58(59)50-32-14-16-34-56(50)68-61)67(46-27-11-4-12-28-46)48-30-18-20-42(36-48)40-65/h1-38H. The van der Waals surface area contributed by atoms with Crippen LogP contribution in [0, 0.1) is 22.7 Å². The van der Waals surface area contributed by atoms with Gasteiger partial charge < -0.3 is 18.6 Å². The molecule has 0 saturated carbocycles. The van der Waals surface area contributed by atoms with Gasteiger partial charge in [-0.05, 0) is 107 Å². The third-order valence-corrected chi connectivity index (χ3v) is 13.7. The van der Waals surface area contributed by atoms with Gasteiger partial charge in [0.25, 0.3) is 0 Å². The molecule has 1 aliphatic carbocycles. The lowest BCUT2D eigenvalue weighted by Gasteiger charge is -2.36. The lowest BCUT2D eigenvalue weighted by molar-refractivity contribution is 0.668. The first-order valence-corrected chi connectivity index (χ1v) is 23.0. The SMILES string of the molecule is N#Cc1cccc(N(c2ccccc2)c2cc3c(c4c2oc2ccccc24)-c2c(cc(N(c4ccccc4)c4cccc(C#N)c4)c4c2oc2ccccc24)C3(c2ccccc2)c2ccccc2)c1. The normalized spacial score (nSPS) is 12.4. The maximum Gasteiger partial charge on any atom is 0.160 e. The monoisotopic (exact) mass is 882 g/mol. The van der Waals surface area contributed by atoms with Crippen LogP contribution in [0.1, 0.15) is 33.4 Å². The van der Waals surface area contributed by atoms with Crippen LogP contribution in [-0.2, 0) is 5.41 Å². The number of para-hydroxylation sites is 4. The van der Waals surface area contributed by atoms with Gasteiger partial charge in [0, 0.05) is 50.0 Å². The Kier molecular flexibility index (Phi) is 9.08. The molecule has 12 aromatic rings. The van der Waals surface area contributed by atoms with Crippen molar-refractivity contribution >= 4 is 78.0 Å². The number of nitriles is 2. The van der Waals surface area contributed by atoms with Crippen LogP contribution < -0.4 is 9.80 Å². The summed E-state index contributed by atoms with van der Waals surface area (Å²) >= 11 is 0. The maximum absolute atomic E-state index is 10.3. The van der Waals surface area contributed by atoms with Gasteiger partial charge in [-0.1, -0.05) is 146 Å². The highest BCUT2D eigenvalue weighted by Crippen LogP contribution is 2.64. The van der Waals surface area contributed by atoms with Crippen LogP contribution in [0.4, 0.5) is 34.1 Å². The van der Waals surface area contributed by atoms with Gasteiger partial charge in [0.05, 0.1) is 45.4 Å². The highest BCUT2D eigenvalue weighted by molar-refractivity contribution is 6.26. The van der Waals surface area contributed by atoms with E-state index in [-0.39, 0.29) is 0 Å². The van der Waals surface area contributed by atoms with Crippen molar-refractivity contribution in [1.82, 2.24) is 0 Å². The minimum Gasteiger partial charge on any atom is -0.455 e. The molecule has 6 heteroatoms. The zero-order valence-corrected chi connectivity index (χ0v) is 37.0. The Hall–Kier alpha value is -9.62. The Morgan fingerprint density at radius 1 is 0.362 bits per heavy atom. The molecule has 0 amide bonds. The third-order valence-electron chi connectivity index (χ3n) is 13.7. The number of rotatable bonds is 8. The molecule has 0 N–H and O–H groups in total. The molecule has 69 heavy (non-hydrogen) atoms. The first kappa shape index (κ1) is 39.7. The van der Waals surface area contributed by atoms with E-state index < -0.39 is 5.41 Å². The van der Waals surface area contributed by atoms with Crippen molar-refractivity contribution in [2.45, 2.75) is 5.41 Å². The van der Waals surface area contributed by atoms with Gasteiger partial charge in [0.2, 0.25) is 0 Å². The molecule has 2 heterocycles. The molecule has 0 radical (unpaired) electrons. The summed E-state index contributed by atoms with van der Waals surface area (Å²) in [5.41, 5.74) is 14.6. The predicted octanol–water partition coefficient (Wildman–Crippen LogP) is 16.5. The zero-order chi connectivity index (χ0) is 46.1. The van der Waals surface area contributed by atoms with E-state index in [1.165, 1.54) is 0 Å². The van der Waals surface area contributed by atoms with Crippen LogP contribution in [0.5, 0.6) is 0 Å². The fourth-order valence-electron chi connectivity index (χ4n) is 11.0. The van der Waals surface area contributed by atoms with Crippen molar-refractivity contribution in [2.24, 2.45) is 0 Å². The number of nitrogens with zero attached hydrogens (tertiary/aromatic N) is 4. The molecule has 0 saturated heterocycles. The summed E-state index contributed by atoms with van der Waals surface area (Å²) in [6, 6.07) is 83.9. The molecule has 2 aromatic heterocycles. The van der Waals surface area contributed by atoms with E-state index in [0.29, 0.717) is 16.7 Å².